The highest BCUT2D eigenvalue weighted by Gasteiger charge is 2.13. The fourth-order valence-electron chi connectivity index (χ4n) is 3.04. The van der Waals surface area contributed by atoms with Gasteiger partial charge in [-0.15, -0.1) is 0 Å². The van der Waals surface area contributed by atoms with Gasteiger partial charge in [0.25, 0.3) is 0 Å². The number of allylic oxidation sites excluding steroid dienone is 3. The van der Waals surface area contributed by atoms with Crippen molar-refractivity contribution in [3.8, 4) is 23.1 Å². The fourth-order valence-corrected chi connectivity index (χ4v) is 3.04. The van der Waals surface area contributed by atoms with Crippen LogP contribution in [0.4, 0.5) is 4.39 Å². The number of rotatable bonds is 7. The predicted molar refractivity (Wildman–Crippen MR) is 128 cm³/mol. The van der Waals surface area contributed by atoms with Gasteiger partial charge in [-0.25, -0.2) is 4.39 Å². The van der Waals surface area contributed by atoms with Crippen LogP contribution >= 0.6 is 0 Å². The Hall–Kier alpha value is -4.22. The summed E-state index contributed by atoms with van der Waals surface area (Å²) in [6.45, 7) is 5.26. The maximum absolute atomic E-state index is 15.3. The molecule has 0 unspecified atom stereocenters. The summed E-state index contributed by atoms with van der Waals surface area (Å²) in [6, 6.07) is 9.12. The van der Waals surface area contributed by atoms with Crippen LogP contribution in [0.2, 0.25) is 0 Å². The molecule has 0 aliphatic rings. The van der Waals surface area contributed by atoms with E-state index in [9.17, 15) is 5.26 Å². The van der Waals surface area contributed by atoms with Crippen molar-refractivity contribution in [1.82, 2.24) is 15.0 Å². The van der Waals surface area contributed by atoms with Crippen molar-refractivity contribution in [1.29, 1.82) is 5.26 Å². The van der Waals surface area contributed by atoms with Crippen LogP contribution in [0, 0.1) is 18.3 Å². The highest BCUT2D eigenvalue weighted by Crippen LogP contribution is 2.28. The molecule has 0 aliphatic heterocycles. The van der Waals surface area contributed by atoms with Gasteiger partial charge in [0.2, 0.25) is 0 Å². The molecule has 2 N–H and O–H groups in total. The Balaban J connectivity index is 0.00000187. The third-order valence-corrected chi connectivity index (χ3v) is 4.49. The van der Waals surface area contributed by atoms with Gasteiger partial charge in [0.15, 0.2) is 0 Å². The second-order valence-electron chi connectivity index (χ2n) is 6.64. The normalized spacial score (nSPS) is 11.2. The van der Waals surface area contributed by atoms with E-state index in [0.29, 0.717) is 33.7 Å². The summed E-state index contributed by atoms with van der Waals surface area (Å²) < 4.78 is 20.5. The number of methoxy groups -OCH3 is 1. The second kappa shape index (κ2) is 12.6. The van der Waals surface area contributed by atoms with Gasteiger partial charge in [-0.1, -0.05) is 0 Å². The molecule has 3 rings (SSSR count). The van der Waals surface area contributed by atoms with Crippen molar-refractivity contribution in [2.24, 2.45) is 10.7 Å². The number of nitrogens with zero attached hydrogens (tertiary/aromatic N) is 5. The third kappa shape index (κ3) is 6.63. The van der Waals surface area contributed by atoms with E-state index in [1.165, 1.54) is 32.6 Å². The first-order valence-electron chi connectivity index (χ1n) is 9.96. The van der Waals surface area contributed by atoms with Crippen molar-refractivity contribution in [3.05, 3.63) is 89.5 Å². The number of hydrogen-bond donors (Lipinski definition) is 1. The molecular formula is C25H25FN6O. The molecule has 7 nitrogen and oxygen atoms in total. The van der Waals surface area contributed by atoms with Gasteiger partial charge in [-0.2, -0.15) is 5.26 Å². The molecule has 3 aromatic rings. The number of aryl methyl sites for hydroxylation is 1. The van der Waals surface area contributed by atoms with E-state index < -0.39 is 5.83 Å². The number of nitriles is 1. The van der Waals surface area contributed by atoms with Crippen molar-refractivity contribution in [3.63, 3.8) is 0 Å². The molecule has 0 spiro atoms. The Bertz CT molecular complexity index is 1210. The van der Waals surface area contributed by atoms with Gasteiger partial charge in [0.1, 0.15) is 17.6 Å². The predicted octanol–water partition coefficient (Wildman–Crippen LogP) is 4.44. The molecule has 3 aromatic heterocycles. The fraction of sp³-hybridized carbons (Fsp3) is 0.160. The maximum atomic E-state index is 15.3. The minimum absolute atomic E-state index is 0.0502. The summed E-state index contributed by atoms with van der Waals surface area (Å²) in [5, 5.41) is 9.60. The summed E-state index contributed by atoms with van der Waals surface area (Å²) in [5.41, 5.74) is 8.41. The Labute approximate surface area is 192 Å². The van der Waals surface area contributed by atoms with Crippen LogP contribution in [0.3, 0.4) is 0 Å². The lowest BCUT2D eigenvalue weighted by atomic mass is 10.0. The molecule has 0 aromatic carbocycles. The van der Waals surface area contributed by atoms with Gasteiger partial charge in [0, 0.05) is 53.6 Å². The summed E-state index contributed by atoms with van der Waals surface area (Å²) in [6.07, 6.45) is 9.19. The van der Waals surface area contributed by atoms with Gasteiger partial charge in [0.05, 0.1) is 24.6 Å². The summed E-state index contributed by atoms with van der Waals surface area (Å²) in [5.74, 6) is 0.0846. The highest BCUT2D eigenvalue weighted by atomic mass is 19.1. The first-order valence-corrected chi connectivity index (χ1v) is 9.96. The lowest BCUT2D eigenvalue weighted by Crippen LogP contribution is -1.97. The quantitative estimate of drug-likeness (QED) is 0.426. The molecule has 0 atom stereocenters. The number of aromatic nitrogens is 3. The number of nitrogens with two attached hydrogens (primary N) is 1. The largest absolute Gasteiger partial charge is 0.495 e. The topological polar surface area (TPSA) is 110 Å². The lowest BCUT2D eigenvalue weighted by Gasteiger charge is -2.09. The molecule has 0 bridgehead atoms. The van der Waals surface area contributed by atoms with Gasteiger partial charge in [-0.05, 0) is 56.6 Å². The zero-order chi connectivity index (χ0) is 24.2. The van der Waals surface area contributed by atoms with E-state index in [2.05, 4.69) is 38.5 Å². The molecule has 8 heteroatoms. The van der Waals surface area contributed by atoms with Crippen molar-refractivity contribution in [2.45, 2.75) is 13.3 Å². The molecule has 3 heterocycles. The Morgan fingerprint density at radius 2 is 2.03 bits per heavy atom. The van der Waals surface area contributed by atoms with Crippen LogP contribution in [-0.4, -0.2) is 35.8 Å². The van der Waals surface area contributed by atoms with Crippen LogP contribution in [-0.2, 0) is 6.42 Å². The zero-order valence-electron chi connectivity index (χ0n) is 18.8. The molecule has 0 radical (unpaired) electrons. The maximum Gasteiger partial charge on any atom is 0.137 e. The van der Waals surface area contributed by atoms with Crippen molar-refractivity contribution >= 4 is 12.3 Å². The highest BCUT2D eigenvalue weighted by molar-refractivity contribution is 5.76. The Morgan fingerprint density at radius 1 is 1.24 bits per heavy atom. The van der Waals surface area contributed by atoms with Crippen LogP contribution in [0.5, 0.6) is 5.75 Å². The molecular weight excluding hydrogens is 419 g/mol. The molecule has 168 valence electrons. The number of aliphatic imine (C=N–C) groups is 1. The summed E-state index contributed by atoms with van der Waals surface area (Å²) >= 11 is 0. The van der Waals surface area contributed by atoms with Crippen LogP contribution in [0.1, 0.15) is 22.4 Å². The lowest BCUT2D eigenvalue weighted by molar-refractivity contribution is 0.412. The molecule has 0 aliphatic carbocycles. The average Bonchev–Trinajstić information content (AvgIpc) is 2.85. The van der Waals surface area contributed by atoms with E-state index in [4.69, 9.17) is 4.74 Å². The van der Waals surface area contributed by atoms with Gasteiger partial charge >= 0.3 is 0 Å². The van der Waals surface area contributed by atoms with E-state index in [1.807, 2.05) is 13.0 Å². The molecule has 0 amide bonds. The smallest absolute Gasteiger partial charge is 0.137 e. The molecule has 0 fully saturated rings. The Morgan fingerprint density at radius 3 is 2.70 bits per heavy atom. The van der Waals surface area contributed by atoms with E-state index >= 15 is 4.39 Å². The Kier molecular flexibility index (Phi) is 9.55. The second-order valence-corrected chi connectivity index (χ2v) is 6.64. The van der Waals surface area contributed by atoms with Crippen molar-refractivity contribution < 1.29 is 9.13 Å². The number of hydrogen-bond acceptors (Lipinski definition) is 7. The summed E-state index contributed by atoms with van der Waals surface area (Å²) in [4.78, 5) is 16.3. The number of halogens is 1. The van der Waals surface area contributed by atoms with Gasteiger partial charge < -0.3 is 10.5 Å². The minimum atomic E-state index is -0.423. The number of ether oxygens (including phenoxy) is 1. The van der Waals surface area contributed by atoms with Crippen LogP contribution < -0.4 is 10.5 Å². The van der Waals surface area contributed by atoms with E-state index in [1.54, 1.807) is 36.8 Å². The third-order valence-electron chi connectivity index (χ3n) is 4.49. The first-order chi connectivity index (χ1) is 16.0. The summed E-state index contributed by atoms with van der Waals surface area (Å²) in [7, 11) is 3.02. The average molecular weight is 445 g/mol. The first kappa shape index (κ1) is 25.0. The van der Waals surface area contributed by atoms with Crippen molar-refractivity contribution in [2.75, 3.05) is 14.2 Å². The number of pyridine rings is 3. The monoisotopic (exact) mass is 444 g/mol. The van der Waals surface area contributed by atoms with Crippen LogP contribution in [0.25, 0.3) is 16.8 Å². The van der Waals surface area contributed by atoms with Gasteiger partial charge in [-0.3, -0.25) is 19.9 Å². The molecule has 0 saturated heterocycles. The molecule has 0 saturated carbocycles. The van der Waals surface area contributed by atoms with Crippen LogP contribution in [0.15, 0.2) is 72.1 Å². The minimum Gasteiger partial charge on any atom is -0.495 e. The van der Waals surface area contributed by atoms with E-state index in [-0.39, 0.29) is 6.42 Å². The zero-order valence-corrected chi connectivity index (χ0v) is 18.8. The standard InChI is InChI=1S/C24H20FN5O.CH5N/c1-16-8-18(4-7-29-16)24-19(12-26)9-17(13-30-24)10-23(25)22(5-6-27-2)20-11-21(31-3)15-28-14-20;1-2/h4-9,11,13-15H,2,10H2,1,3H3;2H2,1H3/b6-5-,23-22-;. The molecule has 33 heavy (non-hydrogen) atoms. The SMILES string of the molecule is C=N/C=C\C(=C(\F)Cc1cnc(-c2ccnc(C)c2)c(C#N)c1)c1cncc(OC)c1.CN. The van der Waals surface area contributed by atoms with E-state index in [0.717, 1.165) is 11.3 Å².